The summed E-state index contributed by atoms with van der Waals surface area (Å²) >= 11 is 0. The Balaban J connectivity index is 1.83. The van der Waals surface area contributed by atoms with E-state index in [4.69, 9.17) is 37.1 Å². The molecule has 3 rings (SSSR count). The van der Waals surface area contributed by atoms with Crippen LogP contribution in [0.3, 0.4) is 0 Å². The first-order valence-corrected chi connectivity index (χ1v) is 11.5. The zero-order valence-electron chi connectivity index (χ0n) is 19.1. The second-order valence-corrected chi connectivity index (χ2v) is 10.1. The molecule has 0 aromatic carbocycles. The smallest absolute Gasteiger partial charge is 0.176 e. The van der Waals surface area contributed by atoms with Gasteiger partial charge in [0.1, 0.15) is 42.7 Å². The summed E-state index contributed by atoms with van der Waals surface area (Å²) in [6, 6.07) is -2.75. The van der Waals surface area contributed by atoms with Gasteiger partial charge in [-0.25, -0.2) is 0 Å². The van der Waals surface area contributed by atoms with Gasteiger partial charge in [-0.3, -0.25) is 0 Å². The fourth-order valence-electron chi connectivity index (χ4n) is 5.04. The lowest BCUT2D eigenvalue weighted by molar-refractivity contribution is -0.301. The van der Waals surface area contributed by atoms with Gasteiger partial charge in [-0.05, 0) is 12.8 Å². The first-order chi connectivity index (χ1) is 15.9. The van der Waals surface area contributed by atoms with Gasteiger partial charge in [-0.1, -0.05) is 6.92 Å². The number of hydrogen-bond acceptors (Lipinski definition) is 14. The molecule has 3 fully saturated rings. The second-order valence-electron chi connectivity index (χ2n) is 10.1. The summed E-state index contributed by atoms with van der Waals surface area (Å²) in [7, 11) is 0. The van der Waals surface area contributed by atoms with Crippen molar-refractivity contribution >= 4 is 0 Å². The van der Waals surface area contributed by atoms with Crippen molar-refractivity contribution in [2.45, 2.75) is 105 Å². The lowest BCUT2D eigenvalue weighted by atomic mass is 9.70. The Labute approximate surface area is 197 Å². The highest BCUT2D eigenvalue weighted by atomic mass is 16.7. The van der Waals surface area contributed by atoms with E-state index in [1.54, 1.807) is 0 Å². The summed E-state index contributed by atoms with van der Waals surface area (Å²) in [5.41, 5.74) is 22.7. The van der Waals surface area contributed by atoms with E-state index in [1.165, 1.54) is 6.92 Å². The van der Waals surface area contributed by atoms with Crippen molar-refractivity contribution in [1.29, 1.82) is 0 Å². The molecule has 0 aromatic heterocycles. The molecule has 2 aliphatic carbocycles. The third-order valence-electron chi connectivity index (χ3n) is 7.47. The third kappa shape index (κ3) is 5.12. The number of ether oxygens (including phenoxy) is 3. The van der Waals surface area contributed by atoms with E-state index in [9.17, 15) is 35.7 Å². The lowest BCUT2D eigenvalue weighted by Gasteiger charge is -2.50. The normalized spacial score (nSPS) is 54.7. The van der Waals surface area contributed by atoms with E-state index < -0.39 is 97.5 Å². The maximum atomic E-state index is 10.8. The largest absolute Gasteiger partial charge is 0.396 e. The standard InChI is InChI=1S/C20H40N4O10/c1-20(5-25)3-8(12(27)15(30)18(20)31)32-17-11(26)6(22)2-7(23)16(17)34-19-10(24)14(29)13(28)9(4-21)33-19/h6-19,25-31H,2-5,21-24H2,1H3. The monoisotopic (exact) mass is 496 g/mol. The predicted octanol–water partition coefficient (Wildman–Crippen LogP) is -6.24. The third-order valence-corrected chi connectivity index (χ3v) is 7.47. The molecule has 3 aliphatic rings. The van der Waals surface area contributed by atoms with Crippen molar-refractivity contribution in [1.82, 2.24) is 0 Å². The van der Waals surface area contributed by atoms with Crippen molar-refractivity contribution in [2.24, 2.45) is 28.3 Å². The van der Waals surface area contributed by atoms with Crippen LogP contribution in [-0.2, 0) is 14.2 Å². The summed E-state index contributed by atoms with van der Waals surface area (Å²) in [6.07, 6.45) is -14.2. The summed E-state index contributed by atoms with van der Waals surface area (Å²) in [5.74, 6) is 0. The molecule has 14 heteroatoms. The molecule has 1 heterocycles. The lowest BCUT2D eigenvalue weighted by Crippen LogP contribution is -2.69. The molecule has 1 aliphatic heterocycles. The summed E-state index contributed by atoms with van der Waals surface area (Å²) < 4.78 is 17.6. The Bertz CT molecular complexity index is 679. The van der Waals surface area contributed by atoms with Crippen LogP contribution in [0.25, 0.3) is 0 Å². The van der Waals surface area contributed by atoms with Gasteiger partial charge >= 0.3 is 0 Å². The number of hydrogen-bond donors (Lipinski definition) is 11. The van der Waals surface area contributed by atoms with Crippen LogP contribution >= 0.6 is 0 Å². The molecule has 15 atom stereocenters. The van der Waals surface area contributed by atoms with Crippen LogP contribution in [0.1, 0.15) is 19.8 Å². The Morgan fingerprint density at radius 3 is 2.09 bits per heavy atom. The van der Waals surface area contributed by atoms with Gasteiger partial charge in [0.05, 0.1) is 31.0 Å². The van der Waals surface area contributed by atoms with E-state index in [2.05, 4.69) is 0 Å². The van der Waals surface area contributed by atoms with Gasteiger partial charge in [0.2, 0.25) is 0 Å². The Morgan fingerprint density at radius 2 is 1.50 bits per heavy atom. The number of rotatable bonds is 6. The Hall–Kier alpha value is -0.560. The molecule has 15 N–H and O–H groups in total. The molecular weight excluding hydrogens is 456 g/mol. The Morgan fingerprint density at radius 1 is 0.853 bits per heavy atom. The quantitative estimate of drug-likeness (QED) is 0.163. The van der Waals surface area contributed by atoms with E-state index in [-0.39, 0.29) is 19.4 Å². The first kappa shape index (κ1) is 28.0. The van der Waals surface area contributed by atoms with Gasteiger partial charge in [0, 0.05) is 24.0 Å². The molecule has 14 nitrogen and oxygen atoms in total. The molecule has 0 bridgehead atoms. The zero-order valence-corrected chi connectivity index (χ0v) is 19.1. The van der Waals surface area contributed by atoms with Crippen LogP contribution in [-0.4, -0.2) is 134 Å². The van der Waals surface area contributed by atoms with E-state index in [0.29, 0.717) is 0 Å². The van der Waals surface area contributed by atoms with Crippen LogP contribution in [0.2, 0.25) is 0 Å². The van der Waals surface area contributed by atoms with Gasteiger partial charge in [0.15, 0.2) is 6.29 Å². The minimum Gasteiger partial charge on any atom is -0.396 e. The van der Waals surface area contributed by atoms with Crippen molar-refractivity contribution in [3.63, 3.8) is 0 Å². The summed E-state index contributed by atoms with van der Waals surface area (Å²) in [5, 5.41) is 72.1. The maximum Gasteiger partial charge on any atom is 0.176 e. The average molecular weight is 497 g/mol. The fraction of sp³-hybridized carbons (Fsp3) is 1.00. The minimum atomic E-state index is -1.62. The first-order valence-electron chi connectivity index (χ1n) is 11.5. The van der Waals surface area contributed by atoms with Gasteiger partial charge < -0.3 is 72.9 Å². The van der Waals surface area contributed by atoms with Crippen LogP contribution in [0.4, 0.5) is 0 Å². The highest BCUT2D eigenvalue weighted by molar-refractivity contribution is 5.04. The fourth-order valence-corrected chi connectivity index (χ4v) is 5.04. The van der Waals surface area contributed by atoms with E-state index in [1.807, 2.05) is 0 Å². The highest BCUT2D eigenvalue weighted by Crippen LogP contribution is 2.39. The van der Waals surface area contributed by atoms with Crippen molar-refractivity contribution in [2.75, 3.05) is 13.2 Å². The maximum absolute atomic E-state index is 10.8. The molecule has 0 amide bonds. The Kier molecular flexibility index (Phi) is 8.92. The zero-order chi connectivity index (χ0) is 25.5. The molecule has 34 heavy (non-hydrogen) atoms. The molecule has 200 valence electrons. The van der Waals surface area contributed by atoms with E-state index in [0.717, 1.165) is 0 Å². The molecular formula is C20H40N4O10. The van der Waals surface area contributed by atoms with Gasteiger partial charge in [0.25, 0.3) is 0 Å². The number of nitrogens with two attached hydrogens (primary N) is 4. The topological polar surface area (TPSA) is 273 Å². The van der Waals surface area contributed by atoms with Gasteiger partial charge in [-0.2, -0.15) is 0 Å². The molecule has 2 saturated carbocycles. The average Bonchev–Trinajstić information content (AvgIpc) is 2.81. The number of aliphatic hydroxyl groups is 7. The van der Waals surface area contributed by atoms with Crippen LogP contribution in [0.5, 0.6) is 0 Å². The van der Waals surface area contributed by atoms with Crippen LogP contribution in [0, 0.1) is 5.41 Å². The predicted molar refractivity (Wildman–Crippen MR) is 116 cm³/mol. The second kappa shape index (κ2) is 10.8. The molecule has 0 spiro atoms. The SMILES string of the molecule is CC1(CO)CC(OC2C(O)C(N)CC(N)C2OC2OC(CN)C(O)C(O)C2N)C(O)C(O)C1O. The van der Waals surface area contributed by atoms with Crippen molar-refractivity contribution in [3.8, 4) is 0 Å². The molecule has 15 unspecified atom stereocenters. The highest BCUT2D eigenvalue weighted by Gasteiger charge is 2.54. The minimum absolute atomic E-state index is 0.0527. The summed E-state index contributed by atoms with van der Waals surface area (Å²) in [6.45, 7) is 0.916. The van der Waals surface area contributed by atoms with Crippen molar-refractivity contribution in [3.05, 3.63) is 0 Å². The van der Waals surface area contributed by atoms with Crippen LogP contribution in [0.15, 0.2) is 0 Å². The molecule has 0 radical (unpaired) electrons. The van der Waals surface area contributed by atoms with Crippen LogP contribution < -0.4 is 22.9 Å². The van der Waals surface area contributed by atoms with E-state index >= 15 is 0 Å². The van der Waals surface area contributed by atoms with Gasteiger partial charge in [-0.15, -0.1) is 0 Å². The number of aliphatic hydroxyl groups excluding tert-OH is 7. The van der Waals surface area contributed by atoms with Crippen molar-refractivity contribution < 1.29 is 50.0 Å². The molecule has 1 saturated heterocycles. The molecule has 0 aromatic rings. The summed E-state index contributed by atoms with van der Waals surface area (Å²) in [4.78, 5) is 0.